The van der Waals surface area contributed by atoms with Gasteiger partial charge in [-0.3, -0.25) is 0 Å². The van der Waals surface area contributed by atoms with Gasteiger partial charge in [0, 0.05) is 0 Å². The maximum absolute atomic E-state index is 12.8. The zero-order chi connectivity index (χ0) is 21.0. The fourth-order valence-corrected chi connectivity index (χ4v) is 3.32. The van der Waals surface area contributed by atoms with Crippen LogP contribution in [0.5, 0.6) is 11.5 Å². The monoisotopic (exact) mass is 416 g/mol. The maximum atomic E-state index is 12.8. The van der Waals surface area contributed by atoms with Crippen molar-refractivity contribution in [2.75, 3.05) is 13.2 Å². The molecule has 8 heteroatoms. The Morgan fingerprint density at radius 2 is 1.90 bits per heavy atom. The zero-order valence-electron chi connectivity index (χ0n) is 16.0. The number of phenols is 1. The molecule has 3 rings (SSSR count). The van der Waals surface area contributed by atoms with E-state index >= 15 is 0 Å². The Hall–Kier alpha value is -3.19. The predicted molar refractivity (Wildman–Crippen MR) is 109 cm³/mol. The summed E-state index contributed by atoms with van der Waals surface area (Å²) in [5.41, 5.74) is 1.70. The number of ether oxygens (including phenoxy) is 2. The van der Waals surface area contributed by atoms with Crippen molar-refractivity contribution in [2.24, 2.45) is 0 Å². The minimum absolute atomic E-state index is 0.0446. The summed E-state index contributed by atoms with van der Waals surface area (Å²) in [5.74, 6) is -0.624. The van der Waals surface area contributed by atoms with E-state index in [0.717, 1.165) is 0 Å². The number of amides is 2. The van der Waals surface area contributed by atoms with Crippen LogP contribution in [0.3, 0.4) is 0 Å². The van der Waals surface area contributed by atoms with E-state index < -0.39 is 18.0 Å². The van der Waals surface area contributed by atoms with Crippen molar-refractivity contribution in [2.45, 2.75) is 19.9 Å². The Labute approximate surface area is 173 Å². The number of phenolic OH excluding ortho intramolecular Hbond substituents is 1. The summed E-state index contributed by atoms with van der Waals surface area (Å²) in [5, 5.41) is 15.6. The van der Waals surface area contributed by atoms with Crippen molar-refractivity contribution in [3.63, 3.8) is 0 Å². The number of hydrogen-bond acceptors (Lipinski definition) is 5. The first-order valence-corrected chi connectivity index (χ1v) is 9.53. The molecule has 0 bridgehead atoms. The predicted octanol–water partition coefficient (Wildman–Crippen LogP) is 3.77. The number of nitrogens with one attached hydrogen (secondary N) is 2. The van der Waals surface area contributed by atoms with Crippen LogP contribution in [0.25, 0.3) is 5.70 Å². The van der Waals surface area contributed by atoms with E-state index in [1.807, 2.05) is 6.07 Å². The molecule has 0 aromatic heterocycles. The summed E-state index contributed by atoms with van der Waals surface area (Å²) in [6.45, 7) is 3.95. The molecule has 7 nitrogen and oxygen atoms in total. The lowest BCUT2D eigenvalue weighted by molar-refractivity contribution is -0.138. The first kappa shape index (κ1) is 20.5. The van der Waals surface area contributed by atoms with E-state index in [4.69, 9.17) is 21.1 Å². The van der Waals surface area contributed by atoms with Crippen LogP contribution in [0, 0.1) is 0 Å². The average Bonchev–Trinajstić information content (AvgIpc) is 2.71. The van der Waals surface area contributed by atoms with E-state index in [1.54, 1.807) is 44.2 Å². The third-order valence-corrected chi connectivity index (χ3v) is 4.60. The van der Waals surface area contributed by atoms with E-state index in [1.165, 1.54) is 6.07 Å². The fraction of sp³-hybridized carbons (Fsp3) is 0.238. The van der Waals surface area contributed by atoms with Crippen molar-refractivity contribution in [3.8, 4) is 11.5 Å². The Morgan fingerprint density at radius 1 is 1.17 bits per heavy atom. The quantitative estimate of drug-likeness (QED) is 0.623. The maximum Gasteiger partial charge on any atom is 0.338 e. The highest BCUT2D eigenvalue weighted by molar-refractivity contribution is 6.32. The van der Waals surface area contributed by atoms with Crippen molar-refractivity contribution in [1.29, 1.82) is 0 Å². The van der Waals surface area contributed by atoms with Gasteiger partial charge in [0.1, 0.15) is 0 Å². The van der Waals surface area contributed by atoms with Gasteiger partial charge < -0.3 is 25.2 Å². The van der Waals surface area contributed by atoms with Crippen LogP contribution in [0.15, 0.2) is 48.0 Å². The van der Waals surface area contributed by atoms with Crippen molar-refractivity contribution < 1.29 is 24.2 Å². The molecule has 2 amide bonds. The minimum Gasteiger partial charge on any atom is -0.503 e. The summed E-state index contributed by atoms with van der Waals surface area (Å²) in [4.78, 5) is 25.2. The number of halogens is 1. The van der Waals surface area contributed by atoms with Gasteiger partial charge in [-0.2, -0.15) is 0 Å². The molecule has 1 aliphatic rings. The standard InChI is InChI=1S/C21H21ClN2O5/c1-3-28-15-11-13(10-14(22)19(15)25)18-16(20(26)29-4-2)17(23-21(27)24-18)12-8-6-5-7-9-12/h5-11,18,25H,3-4H2,1-2H3,(H2,23,24,27). The third-order valence-electron chi connectivity index (χ3n) is 4.31. The van der Waals surface area contributed by atoms with Crippen LogP contribution < -0.4 is 15.4 Å². The van der Waals surface area contributed by atoms with Gasteiger partial charge in [-0.1, -0.05) is 41.9 Å². The summed E-state index contributed by atoms with van der Waals surface area (Å²) in [6, 6.07) is 10.7. The number of rotatable bonds is 6. The summed E-state index contributed by atoms with van der Waals surface area (Å²) in [7, 11) is 0. The Bertz CT molecular complexity index is 959. The van der Waals surface area contributed by atoms with Gasteiger partial charge in [0.05, 0.1) is 35.5 Å². The van der Waals surface area contributed by atoms with Gasteiger partial charge in [0.2, 0.25) is 0 Å². The molecule has 1 atom stereocenters. The largest absolute Gasteiger partial charge is 0.503 e. The second kappa shape index (κ2) is 8.87. The van der Waals surface area contributed by atoms with Crippen LogP contribution in [0.4, 0.5) is 4.79 Å². The smallest absolute Gasteiger partial charge is 0.338 e. The van der Waals surface area contributed by atoms with E-state index in [2.05, 4.69) is 10.6 Å². The lowest BCUT2D eigenvalue weighted by Gasteiger charge is -2.30. The topological polar surface area (TPSA) is 96.9 Å². The Kier molecular flexibility index (Phi) is 6.29. The van der Waals surface area contributed by atoms with Crippen molar-refractivity contribution >= 4 is 29.3 Å². The average molecular weight is 417 g/mol. The number of benzene rings is 2. The molecule has 29 heavy (non-hydrogen) atoms. The van der Waals surface area contributed by atoms with Crippen LogP contribution in [0.1, 0.15) is 31.0 Å². The molecule has 0 fully saturated rings. The number of urea groups is 1. The van der Waals surface area contributed by atoms with Crippen LogP contribution in [0.2, 0.25) is 5.02 Å². The lowest BCUT2D eigenvalue weighted by atomic mass is 9.92. The first-order valence-electron chi connectivity index (χ1n) is 9.15. The summed E-state index contributed by atoms with van der Waals surface area (Å²) < 4.78 is 10.7. The number of carbonyl (C=O) groups is 2. The molecule has 2 aromatic rings. The van der Waals surface area contributed by atoms with Crippen LogP contribution in [-0.2, 0) is 9.53 Å². The molecule has 152 valence electrons. The Balaban J connectivity index is 2.20. The highest BCUT2D eigenvalue weighted by Gasteiger charge is 2.35. The summed E-state index contributed by atoms with van der Waals surface area (Å²) in [6.07, 6.45) is 0. The second-order valence-electron chi connectivity index (χ2n) is 6.19. The van der Waals surface area contributed by atoms with E-state index in [0.29, 0.717) is 23.4 Å². The number of hydrogen-bond donors (Lipinski definition) is 3. The highest BCUT2D eigenvalue weighted by atomic mass is 35.5. The highest BCUT2D eigenvalue weighted by Crippen LogP contribution is 2.40. The number of aromatic hydroxyl groups is 1. The van der Waals surface area contributed by atoms with Gasteiger partial charge in [-0.15, -0.1) is 0 Å². The SMILES string of the molecule is CCOC(=O)C1=C(c2ccccc2)NC(=O)NC1c1cc(Cl)c(O)c(OCC)c1. The molecule has 1 heterocycles. The van der Waals surface area contributed by atoms with Crippen LogP contribution in [-0.4, -0.2) is 30.3 Å². The Morgan fingerprint density at radius 3 is 2.55 bits per heavy atom. The molecule has 3 N–H and O–H groups in total. The van der Waals surface area contributed by atoms with Gasteiger partial charge in [0.15, 0.2) is 11.5 Å². The van der Waals surface area contributed by atoms with Gasteiger partial charge in [-0.25, -0.2) is 9.59 Å². The molecule has 0 spiro atoms. The van der Waals surface area contributed by atoms with E-state index in [-0.39, 0.29) is 28.7 Å². The third kappa shape index (κ3) is 4.30. The first-order chi connectivity index (χ1) is 14.0. The molecular weight excluding hydrogens is 396 g/mol. The number of esters is 1. The number of carbonyl (C=O) groups excluding carboxylic acids is 2. The normalized spacial score (nSPS) is 16.1. The van der Waals surface area contributed by atoms with Crippen molar-refractivity contribution in [1.82, 2.24) is 10.6 Å². The van der Waals surface area contributed by atoms with Crippen molar-refractivity contribution in [3.05, 3.63) is 64.2 Å². The lowest BCUT2D eigenvalue weighted by Crippen LogP contribution is -2.45. The van der Waals surface area contributed by atoms with Gasteiger partial charge in [-0.05, 0) is 37.1 Å². The molecule has 0 radical (unpaired) electrons. The molecule has 0 saturated carbocycles. The van der Waals surface area contributed by atoms with Crippen LogP contribution >= 0.6 is 11.6 Å². The summed E-state index contributed by atoms with van der Waals surface area (Å²) >= 11 is 6.16. The zero-order valence-corrected chi connectivity index (χ0v) is 16.7. The molecular formula is C21H21ClN2O5. The molecule has 1 aliphatic heterocycles. The van der Waals surface area contributed by atoms with E-state index in [9.17, 15) is 14.7 Å². The second-order valence-corrected chi connectivity index (χ2v) is 6.60. The van der Waals surface area contributed by atoms with Gasteiger partial charge in [0.25, 0.3) is 0 Å². The molecule has 2 aromatic carbocycles. The molecule has 0 aliphatic carbocycles. The fourth-order valence-electron chi connectivity index (χ4n) is 3.10. The molecule has 1 unspecified atom stereocenters. The van der Waals surface area contributed by atoms with Gasteiger partial charge >= 0.3 is 12.0 Å². The minimum atomic E-state index is -0.852. The molecule has 0 saturated heterocycles.